The van der Waals surface area contributed by atoms with Gasteiger partial charge in [-0.2, -0.15) is 0 Å². The third-order valence-corrected chi connectivity index (χ3v) is 7.69. The van der Waals surface area contributed by atoms with Crippen molar-refractivity contribution in [3.63, 3.8) is 0 Å². The van der Waals surface area contributed by atoms with Crippen molar-refractivity contribution in [1.82, 2.24) is 15.4 Å². The minimum atomic E-state index is -3.28. The van der Waals surface area contributed by atoms with Gasteiger partial charge in [0, 0.05) is 35.1 Å². The Kier molecular flexibility index (Phi) is 9.13. The molecule has 0 bridgehead atoms. The highest BCUT2D eigenvalue weighted by Gasteiger charge is 2.56. The van der Waals surface area contributed by atoms with E-state index in [0.29, 0.717) is 23.0 Å². The van der Waals surface area contributed by atoms with Gasteiger partial charge in [0.25, 0.3) is 0 Å². The summed E-state index contributed by atoms with van der Waals surface area (Å²) in [7, 11) is -3.28. The monoisotopic (exact) mass is 554 g/mol. The molecule has 0 spiro atoms. The molecular weight excluding hydrogens is 519 g/mol. The molecule has 2 aromatic rings. The number of amides is 1. The van der Waals surface area contributed by atoms with Crippen molar-refractivity contribution in [2.75, 3.05) is 19.3 Å². The molecule has 1 aliphatic heterocycles. The molecule has 0 saturated carbocycles. The molecule has 7 nitrogen and oxygen atoms in total. The molecule has 0 aliphatic carbocycles. The SMILES string of the molecule is CC(C)(C)CC1NC(C(=O)NCCCNS(C)(=O)=O)C(c2cccc(Cl)c2)C1(N)c1ccc(Cl)cc1. The topological polar surface area (TPSA) is 113 Å². The van der Waals surface area contributed by atoms with Crippen molar-refractivity contribution in [2.45, 2.75) is 57.2 Å². The molecule has 0 radical (unpaired) electrons. The maximum atomic E-state index is 13.5. The van der Waals surface area contributed by atoms with Crippen LogP contribution in [0.2, 0.25) is 10.0 Å². The number of carbonyl (C=O) groups excluding carboxylic acids is 1. The van der Waals surface area contributed by atoms with Crippen LogP contribution in [0.15, 0.2) is 48.5 Å². The number of carbonyl (C=O) groups is 1. The quantitative estimate of drug-likeness (QED) is 0.352. The molecule has 1 aliphatic rings. The molecule has 4 atom stereocenters. The zero-order chi connectivity index (χ0) is 26.7. The van der Waals surface area contributed by atoms with Crippen molar-refractivity contribution in [2.24, 2.45) is 11.1 Å². The minimum Gasteiger partial charge on any atom is -0.355 e. The van der Waals surface area contributed by atoms with Gasteiger partial charge in [0.15, 0.2) is 0 Å². The van der Waals surface area contributed by atoms with Crippen molar-refractivity contribution >= 4 is 39.1 Å². The number of sulfonamides is 1. The van der Waals surface area contributed by atoms with Crippen LogP contribution in [-0.2, 0) is 20.4 Å². The van der Waals surface area contributed by atoms with Gasteiger partial charge in [-0.25, -0.2) is 13.1 Å². The molecule has 36 heavy (non-hydrogen) atoms. The third kappa shape index (κ3) is 7.21. The molecular formula is C26H36Cl2N4O3S. The van der Waals surface area contributed by atoms with Crippen LogP contribution >= 0.6 is 23.2 Å². The van der Waals surface area contributed by atoms with E-state index in [1.807, 2.05) is 42.5 Å². The molecule has 2 aromatic carbocycles. The lowest BCUT2D eigenvalue weighted by atomic mass is 9.68. The summed E-state index contributed by atoms with van der Waals surface area (Å²) in [6, 6.07) is 14.1. The fraction of sp³-hybridized carbons (Fsp3) is 0.500. The molecule has 10 heteroatoms. The Morgan fingerprint density at radius 1 is 1.08 bits per heavy atom. The van der Waals surface area contributed by atoms with Crippen molar-refractivity contribution < 1.29 is 13.2 Å². The van der Waals surface area contributed by atoms with E-state index in [2.05, 4.69) is 36.1 Å². The van der Waals surface area contributed by atoms with Gasteiger partial charge in [-0.3, -0.25) is 4.79 Å². The Morgan fingerprint density at radius 2 is 1.75 bits per heavy atom. The second-order valence-corrected chi connectivity index (χ2v) is 13.5. The Morgan fingerprint density at radius 3 is 2.33 bits per heavy atom. The number of rotatable bonds is 9. The van der Waals surface area contributed by atoms with Crippen LogP contribution in [-0.4, -0.2) is 45.8 Å². The Balaban J connectivity index is 1.98. The number of hydrogen-bond donors (Lipinski definition) is 4. The molecule has 3 rings (SSSR count). The number of hydrogen-bond acceptors (Lipinski definition) is 5. The average Bonchev–Trinajstić information content (AvgIpc) is 3.04. The summed E-state index contributed by atoms with van der Waals surface area (Å²) in [4.78, 5) is 13.5. The fourth-order valence-electron chi connectivity index (χ4n) is 4.97. The summed E-state index contributed by atoms with van der Waals surface area (Å²) in [5.41, 5.74) is 8.11. The summed E-state index contributed by atoms with van der Waals surface area (Å²) < 4.78 is 25.0. The maximum Gasteiger partial charge on any atom is 0.237 e. The van der Waals surface area contributed by atoms with Crippen LogP contribution < -0.4 is 21.1 Å². The number of nitrogens with one attached hydrogen (secondary N) is 3. The first-order valence-electron chi connectivity index (χ1n) is 12.0. The predicted molar refractivity (Wildman–Crippen MR) is 147 cm³/mol. The molecule has 0 aromatic heterocycles. The first kappa shape index (κ1) is 28.9. The number of nitrogens with two attached hydrogens (primary N) is 1. The lowest BCUT2D eigenvalue weighted by molar-refractivity contribution is -0.123. The van der Waals surface area contributed by atoms with Gasteiger partial charge in [0.2, 0.25) is 15.9 Å². The number of benzene rings is 2. The molecule has 198 valence electrons. The lowest BCUT2D eigenvalue weighted by Gasteiger charge is -2.39. The second-order valence-electron chi connectivity index (χ2n) is 10.7. The van der Waals surface area contributed by atoms with Crippen molar-refractivity contribution in [3.05, 3.63) is 69.7 Å². The van der Waals surface area contributed by atoms with Crippen LogP contribution in [0.1, 0.15) is 50.7 Å². The van der Waals surface area contributed by atoms with Gasteiger partial charge in [0.1, 0.15) is 0 Å². The smallest absolute Gasteiger partial charge is 0.237 e. The fourth-order valence-corrected chi connectivity index (χ4v) is 5.81. The van der Waals surface area contributed by atoms with E-state index in [1.54, 1.807) is 6.07 Å². The van der Waals surface area contributed by atoms with Crippen LogP contribution in [0.5, 0.6) is 0 Å². The molecule has 4 unspecified atom stereocenters. The zero-order valence-corrected chi connectivity index (χ0v) is 23.5. The van der Waals surface area contributed by atoms with Crippen molar-refractivity contribution in [1.29, 1.82) is 0 Å². The van der Waals surface area contributed by atoms with Gasteiger partial charge in [-0.05, 0) is 53.6 Å². The van der Waals surface area contributed by atoms with E-state index in [4.69, 9.17) is 28.9 Å². The van der Waals surface area contributed by atoms with Crippen LogP contribution in [0.25, 0.3) is 0 Å². The molecule has 1 fully saturated rings. The normalized spacial score (nSPS) is 24.6. The van der Waals surface area contributed by atoms with Gasteiger partial charge in [0.05, 0.1) is 17.8 Å². The van der Waals surface area contributed by atoms with Crippen molar-refractivity contribution in [3.8, 4) is 0 Å². The standard InChI is InChI=1S/C26H36Cl2N4O3S/c1-25(2,3)16-21-26(29,18-9-11-19(27)12-10-18)22(17-7-5-8-20(28)15-17)23(32-21)24(33)30-13-6-14-31-36(4,34)35/h5,7-12,15,21-23,31-32H,6,13-14,16,29H2,1-4H3,(H,30,33). The van der Waals surface area contributed by atoms with Gasteiger partial charge in [-0.1, -0.05) is 68.2 Å². The van der Waals surface area contributed by atoms with E-state index in [9.17, 15) is 13.2 Å². The van der Waals surface area contributed by atoms with E-state index in [-0.39, 0.29) is 23.9 Å². The Bertz CT molecular complexity index is 1170. The summed E-state index contributed by atoms with van der Waals surface area (Å²) in [5, 5.41) is 7.69. The number of halogens is 2. The van der Waals surface area contributed by atoms with E-state index < -0.39 is 27.5 Å². The van der Waals surface area contributed by atoms with E-state index in [1.165, 1.54) is 0 Å². The average molecular weight is 556 g/mol. The highest BCUT2D eigenvalue weighted by Crippen LogP contribution is 2.48. The van der Waals surface area contributed by atoms with Crippen LogP contribution in [0, 0.1) is 5.41 Å². The van der Waals surface area contributed by atoms with E-state index >= 15 is 0 Å². The summed E-state index contributed by atoms with van der Waals surface area (Å²) in [5.74, 6) is -0.613. The first-order valence-corrected chi connectivity index (χ1v) is 14.6. The molecule has 1 heterocycles. The predicted octanol–water partition coefficient (Wildman–Crippen LogP) is 3.76. The Hall–Kier alpha value is -1.68. The third-order valence-electron chi connectivity index (χ3n) is 6.47. The van der Waals surface area contributed by atoms with E-state index in [0.717, 1.165) is 23.8 Å². The lowest BCUT2D eigenvalue weighted by Crippen LogP contribution is -2.51. The minimum absolute atomic E-state index is 0.0593. The largest absolute Gasteiger partial charge is 0.355 e. The van der Waals surface area contributed by atoms with Gasteiger partial charge in [-0.15, -0.1) is 0 Å². The second kappa shape index (κ2) is 11.4. The summed E-state index contributed by atoms with van der Waals surface area (Å²) >= 11 is 12.6. The Labute approximate surface area is 224 Å². The highest BCUT2D eigenvalue weighted by atomic mass is 35.5. The molecule has 5 N–H and O–H groups in total. The van der Waals surface area contributed by atoms with Crippen LogP contribution in [0.4, 0.5) is 0 Å². The summed E-state index contributed by atoms with van der Waals surface area (Å²) in [6.45, 7) is 7.01. The molecule has 1 amide bonds. The highest BCUT2D eigenvalue weighted by molar-refractivity contribution is 7.88. The van der Waals surface area contributed by atoms with Gasteiger partial charge < -0.3 is 16.4 Å². The van der Waals surface area contributed by atoms with Crippen LogP contribution in [0.3, 0.4) is 0 Å². The maximum absolute atomic E-state index is 13.5. The molecule has 1 saturated heterocycles. The first-order chi connectivity index (χ1) is 16.7. The zero-order valence-electron chi connectivity index (χ0n) is 21.1. The summed E-state index contributed by atoms with van der Waals surface area (Å²) in [6.07, 6.45) is 2.30. The van der Waals surface area contributed by atoms with Gasteiger partial charge >= 0.3 is 0 Å².